The molecule has 0 unspecified atom stereocenters. The number of aryl methyl sites for hydroxylation is 1. The summed E-state index contributed by atoms with van der Waals surface area (Å²) in [6.45, 7) is 3.93. The molecule has 26 heavy (non-hydrogen) atoms. The van der Waals surface area contributed by atoms with Gasteiger partial charge in [0.1, 0.15) is 22.5 Å². The number of nitrogens with one attached hydrogen (secondary N) is 1. The first-order valence-corrected chi connectivity index (χ1v) is 9.09. The summed E-state index contributed by atoms with van der Waals surface area (Å²) >= 11 is 6.02. The van der Waals surface area contributed by atoms with E-state index in [1.165, 1.54) is 0 Å². The summed E-state index contributed by atoms with van der Waals surface area (Å²) in [6.07, 6.45) is 1.60. The van der Waals surface area contributed by atoms with Crippen LogP contribution in [0.5, 0.6) is 5.75 Å². The summed E-state index contributed by atoms with van der Waals surface area (Å²) < 4.78 is 5.14. The van der Waals surface area contributed by atoms with Gasteiger partial charge in [-0.25, -0.2) is 9.97 Å². The zero-order valence-electron chi connectivity index (χ0n) is 15.0. The number of hydrogen-bond donors (Lipinski definition) is 1. The van der Waals surface area contributed by atoms with Crippen LogP contribution in [-0.2, 0) is 11.3 Å². The number of rotatable bonds is 5. The summed E-state index contributed by atoms with van der Waals surface area (Å²) in [5.74, 6) is 2.44. The van der Waals surface area contributed by atoms with E-state index in [-0.39, 0.29) is 11.8 Å². The molecule has 1 aromatic heterocycles. The molecular formula is C19H23ClN4O2. The molecule has 6 nitrogen and oxygen atoms in total. The molecule has 0 atom stereocenters. The van der Waals surface area contributed by atoms with Crippen LogP contribution in [0.1, 0.15) is 24.2 Å². The van der Waals surface area contributed by atoms with E-state index in [4.69, 9.17) is 16.3 Å². The van der Waals surface area contributed by atoms with Crippen LogP contribution < -0.4 is 15.0 Å². The van der Waals surface area contributed by atoms with Gasteiger partial charge in [-0.05, 0) is 37.5 Å². The second-order valence-corrected chi connectivity index (χ2v) is 6.81. The van der Waals surface area contributed by atoms with Gasteiger partial charge in [0.05, 0.1) is 7.11 Å². The number of piperidine rings is 1. The van der Waals surface area contributed by atoms with Gasteiger partial charge in [-0.1, -0.05) is 23.7 Å². The second kappa shape index (κ2) is 8.36. The second-order valence-electron chi connectivity index (χ2n) is 6.42. The van der Waals surface area contributed by atoms with E-state index >= 15 is 0 Å². The van der Waals surface area contributed by atoms with Crippen molar-refractivity contribution in [1.29, 1.82) is 0 Å². The molecule has 0 radical (unpaired) electrons. The third-order valence-corrected chi connectivity index (χ3v) is 4.80. The van der Waals surface area contributed by atoms with Crippen molar-refractivity contribution in [3.05, 3.63) is 46.9 Å². The normalized spacial score (nSPS) is 15.0. The number of halogens is 1. The third-order valence-electron chi connectivity index (χ3n) is 4.61. The molecule has 2 heterocycles. The van der Waals surface area contributed by atoms with Crippen LogP contribution in [0.25, 0.3) is 0 Å². The minimum atomic E-state index is 0.0305. The maximum absolute atomic E-state index is 12.4. The highest BCUT2D eigenvalue weighted by Crippen LogP contribution is 2.24. The largest absolute Gasteiger partial charge is 0.497 e. The Morgan fingerprint density at radius 3 is 2.58 bits per heavy atom. The molecule has 3 rings (SSSR count). The Balaban J connectivity index is 1.50. The maximum atomic E-state index is 12.4. The lowest BCUT2D eigenvalue weighted by atomic mass is 9.96. The van der Waals surface area contributed by atoms with Gasteiger partial charge in [-0.15, -0.1) is 0 Å². The number of nitrogens with zero attached hydrogens (tertiary/aromatic N) is 3. The summed E-state index contributed by atoms with van der Waals surface area (Å²) in [7, 11) is 1.64. The van der Waals surface area contributed by atoms with E-state index in [0.29, 0.717) is 17.5 Å². The fraction of sp³-hybridized carbons (Fsp3) is 0.421. The Kier molecular flexibility index (Phi) is 5.93. The van der Waals surface area contributed by atoms with Gasteiger partial charge in [0.25, 0.3) is 0 Å². The lowest BCUT2D eigenvalue weighted by molar-refractivity contribution is -0.125. The first-order chi connectivity index (χ1) is 12.5. The molecule has 1 N–H and O–H groups in total. The Morgan fingerprint density at radius 2 is 1.96 bits per heavy atom. The van der Waals surface area contributed by atoms with Crippen LogP contribution in [-0.4, -0.2) is 36.1 Å². The fourth-order valence-corrected chi connectivity index (χ4v) is 3.35. The third kappa shape index (κ3) is 4.64. The zero-order valence-corrected chi connectivity index (χ0v) is 15.8. The van der Waals surface area contributed by atoms with E-state index < -0.39 is 0 Å². The van der Waals surface area contributed by atoms with Gasteiger partial charge in [0.15, 0.2) is 0 Å². The molecule has 1 aliphatic rings. The topological polar surface area (TPSA) is 67.3 Å². The van der Waals surface area contributed by atoms with Gasteiger partial charge >= 0.3 is 0 Å². The number of methoxy groups -OCH3 is 1. The first-order valence-electron chi connectivity index (χ1n) is 8.72. The summed E-state index contributed by atoms with van der Waals surface area (Å²) in [5, 5.41) is 3.48. The number of amides is 1. The number of aromatic nitrogens is 2. The minimum Gasteiger partial charge on any atom is -0.497 e. The zero-order chi connectivity index (χ0) is 18.5. The molecule has 0 bridgehead atoms. The predicted molar refractivity (Wildman–Crippen MR) is 102 cm³/mol. The van der Waals surface area contributed by atoms with Gasteiger partial charge in [-0.2, -0.15) is 0 Å². The quantitative estimate of drug-likeness (QED) is 0.815. The molecule has 7 heteroatoms. The van der Waals surface area contributed by atoms with Crippen LogP contribution in [0.2, 0.25) is 5.15 Å². The number of hydrogen-bond acceptors (Lipinski definition) is 5. The molecule has 1 aliphatic heterocycles. The Morgan fingerprint density at radius 1 is 1.27 bits per heavy atom. The van der Waals surface area contributed by atoms with Crippen LogP contribution >= 0.6 is 11.6 Å². The van der Waals surface area contributed by atoms with Crippen LogP contribution in [0.3, 0.4) is 0 Å². The molecule has 0 aliphatic carbocycles. The van der Waals surface area contributed by atoms with Crippen LogP contribution in [0.4, 0.5) is 5.82 Å². The predicted octanol–water partition coefficient (Wildman–Crippen LogP) is 2.98. The van der Waals surface area contributed by atoms with Crippen LogP contribution in [0, 0.1) is 12.8 Å². The lowest BCUT2D eigenvalue weighted by Gasteiger charge is -2.32. The fourth-order valence-electron chi connectivity index (χ4n) is 3.13. The maximum Gasteiger partial charge on any atom is 0.223 e. The molecule has 0 saturated carbocycles. The van der Waals surface area contributed by atoms with E-state index in [1.54, 1.807) is 13.2 Å². The highest BCUT2D eigenvalue weighted by atomic mass is 35.5. The molecule has 2 aromatic rings. The number of carbonyl (C=O) groups is 1. The van der Waals surface area contributed by atoms with Crippen molar-refractivity contribution in [3.8, 4) is 5.75 Å². The first kappa shape index (κ1) is 18.5. The molecule has 1 amide bonds. The highest BCUT2D eigenvalue weighted by molar-refractivity contribution is 6.29. The molecule has 0 spiro atoms. The highest BCUT2D eigenvalue weighted by Gasteiger charge is 2.25. The summed E-state index contributed by atoms with van der Waals surface area (Å²) in [5.41, 5.74) is 1.06. The SMILES string of the molecule is COc1ccc(CNC(=O)C2CCN(c3cc(Cl)nc(C)n3)CC2)cc1. The van der Waals surface area contributed by atoms with Crippen LogP contribution in [0.15, 0.2) is 30.3 Å². The molecule has 1 aromatic carbocycles. The molecule has 1 saturated heterocycles. The van der Waals surface area contributed by atoms with Crippen molar-refractivity contribution in [2.75, 3.05) is 25.1 Å². The summed E-state index contributed by atoms with van der Waals surface area (Å²) in [6, 6.07) is 9.49. The number of benzene rings is 1. The van der Waals surface area contributed by atoms with E-state index in [1.807, 2.05) is 31.2 Å². The molecule has 1 fully saturated rings. The molecule has 138 valence electrons. The van der Waals surface area contributed by atoms with Crippen molar-refractivity contribution in [3.63, 3.8) is 0 Å². The summed E-state index contributed by atoms with van der Waals surface area (Å²) in [4.78, 5) is 23.1. The van der Waals surface area contributed by atoms with Crippen molar-refractivity contribution >= 4 is 23.3 Å². The average molecular weight is 375 g/mol. The van der Waals surface area contributed by atoms with Gasteiger partial charge in [0, 0.05) is 31.6 Å². The Hall–Kier alpha value is -2.34. The van der Waals surface area contributed by atoms with E-state index in [0.717, 1.165) is 43.1 Å². The average Bonchev–Trinajstić information content (AvgIpc) is 2.66. The smallest absolute Gasteiger partial charge is 0.223 e. The standard InChI is InChI=1S/C19H23ClN4O2/c1-13-22-17(20)11-18(23-13)24-9-7-15(8-10-24)19(25)21-12-14-3-5-16(26-2)6-4-14/h3-6,11,15H,7-10,12H2,1-2H3,(H,21,25). The minimum absolute atomic E-state index is 0.0305. The number of ether oxygens (including phenoxy) is 1. The van der Waals surface area contributed by atoms with Gasteiger partial charge in [0.2, 0.25) is 5.91 Å². The van der Waals surface area contributed by atoms with Crippen molar-refractivity contribution in [2.24, 2.45) is 5.92 Å². The van der Waals surface area contributed by atoms with Crippen molar-refractivity contribution < 1.29 is 9.53 Å². The van der Waals surface area contributed by atoms with Gasteiger partial charge in [-0.3, -0.25) is 4.79 Å². The van der Waals surface area contributed by atoms with Crippen molar-refractivity contribution in [1.82, 2.24) is 15.3 Å². The van der Waals surface area contributed by atoms with Crippen molar-refractivity contribution in [2.45, 2.75) is 26.3 Å². The number of carbonyl (C=O) groups excluding carboxylic acids is 1. The number of anilines is 1. The lowest BCUT2D eigenvalue weighted by Crippen LogP contribution is -2.40. The van der Waals surface area contributed by atoms with E-state index in [2.05, 4.69) is 20.2 Å². The Bertz CT molecular complexity index is 738. The van der Waals surface area contributed by atoms with Gasteiger partial charge < -0.3 is 15.0 Å². The molecular weight excluding hydrogens is 352 g/mol. The monoisotopic (exact) mass is 374 g/mol. The Labute approximate surface area is 158 Å². The van der Waals surface area contributed by atoms with E-state index in [9.17, 15) is 4.79 Å².